The quantitative estimate of drug-likeness (QED) is 0.787. The predicted molar refractivity (Wildman–Crippen MR) is 74.7 cm³/mol. The second kappa shape index (κ2) is 5.89. The molecule has 17 heavy (non-hydrogen) atoms. The van der Waals surface area contributed by atoms with Crippen LogP contribution in [0.5, 0.6) is 0 Å². The lowest BCUT2D eigenvalue weighted by atomic mass is 9.92. The highest BCUT2D eigenvalue weighted by Crippen LogP contribution is 2.24. The third-order valence-electron chi connectivity index (χ3n) is 2.84. The van der Waals surface area contributed by atoms with E-state index in [1.807, 2.05) is 18.0 Å². The van der Waals surface area contributed by atoms with Gasteiger partial charge in [0.15, 0.2) is 0 Å². The van der Waals surface area contributed by atoms with Gasteiger partial charge in [0, 0.05) is 36.8 Å². The lowest BCUT2D eigenvalue weighted by Gasteiger charge is -2.38. The van der Waals surface area contributed by atoms with E-state index in [4.69, 9.17) is 5.73 Å². The number of likely N-dealkylation sites (tertiary alicyclic amines) is 1. The van der Waals surface area contributed by atoms with Crippen LogP contribution in [0.4, 0.5) is 0 Å². The van der Waals surface area contributed by atoms with Crippen LogP contribution in [0.2, 0.25) is 0 Å². The fraction of sp³-hybridized carbons (Fsp3) is 0.636. The van der Waals surface area contributed by atoms with Gasteiger partial charge in [0.05, 0.1) is 4.91 Å². The molecule has 0 saturated carbocycles. The van der Waals surface area contributed by atoms with Crippen molar-refractivity contribution in [1.82, 2.24) is 4.90 Å². The Balaban J connectivity index is 0.00000144. The van der Waals surface area contributed by atoms with Crippen LogP contribution in [0.1, 0.15) is 19.8 Å². The first-order valence-corrected chi connectivity index (χ1v) is 6.50. The van der Waals surface area contributed by atoms with Crippen molar-refractivity contribution in [3.63, 3.8) is 0 Å². The molecule has 1 amide bonds. The van der Waals surface area contributed by atoms with Crippen LogP contribution in [0, 0.1) is 0 Å². The summed E-state index contributed by atoms with van der Waals surface area (Å²) >= 11 is 1.54. The molecular weight excluding hydrogens is 258 g/mol. The molecule has 0 aromatic carbocycles. The van der Waals surface area contributed by atoms with Gasteiger partial charge in [-0.25, -0.2) is 0 Å². The van der Waals surface area contributed by atoms with E-state index in [0.717, 1.165) is 30.0 Å². The second-order valence-corrected chi connectivity index (χ2v) is 5.68. The summed E-state index contributed by atoms with van der Waals surface area (Å²) < 4.78 is 0. The standard InChI is InChI=1S/C11H17N3OS.ClH/c1-11(12)3-2-5-14(8-11)10(15)9-7-13-4-6-16-9;/h4,7H,2-3,5-6,8,12H2,1H3;1H. The summed E-state index contributed by atoms with van der Waals surface area (Å²) in [6, 6.07) is 0. The highest BCUT2D eigenvalue weighted by atomic mass is 35.5. The molecule has 2 rings (SSSR count). The summed E-state index contributed by atoms with van der Waals surface area (Å²) in [4.78, 5) is 18.8. The van der Waals surface area contributed by atoms with Crippen molar-refractivity contribution in [2.75, 3.05) is 18.8 Å². The summed E-state index contributed by atoms with van der Waals surface area (Å²) in [6.07, 6.45) is 5.44. The van der Waals surface area contributed by atoms with E-state index in [9.17, 15) is 4.79 Å². The van der Waals surface area contributed by atoms with Crippen molar-refractivity contribution in [3.05, 3.63) is 11.1 Å². The first-order chi connectivity index (χ1) is 7.58. The first-order valence-electron chi connectivity index (χ1n) is 5.51. The molecule has 4 nitrogen and oxygen atoms in total. The molecule has 96 valence electrons. The Bertz CT molecular complexity index is 355. The van der Waals surface area contributed by atoms with Crippen molar-refractivity contribution in [2.45, 2.75) is 25.3 Å². The van der Waals surface area contributed by atoms with Gasteiger partial charge in [0.1, 0.15) is 0 Å². The molecule has 2 aliphatic heterocycles. The number of carbonyl (C=O) groups is 1. The molecule has 1 unspecified atom stereocenters. The van der Waals surface area contributed by atoms with E-state index in [2.05, 4.69) is 4.99 Å². The highest BCUT2D eigenvalue weighted by molar-refractivity contribution is 8.04. The summed E-state index contributed by atoms with van der Waals surface area (Å²) in [5.74, 6) is 0.865. The summed E-state index contributed by atoms with van der Waals surface area (Å²) in [5.41, 5.74) is 5.85. The van der Waals surface area contributed by atoms with Crippen LogP contribution in [-0.2, 0) is 4.79 Å². The van der Waals surface area contributed by atoms with Crippen LogP contribution < -0.4 is 5.73 Å². The molecule has 2 aliphatic rings. The molecule has 1 atom stereocenters. The maximum atomic E-state index is 12.1. The summed E-state index contributed by atoms with van der Waals surface area (Å²) in [6.45, 7) is 3.47. The molecule has 0 aromatic heterocycles. The van der Waals surface area contributed by atoms with Crippen LogP contribution >= 0.6 is 24.2 Å². The zero-order valence-electron chi connectivity index (χ0n) is 9.89. The van der Waals surface area contributed by atoms with Crippen molar-refractivity contribution < 1.29 is 4.79 Å². The van der Waals surface area contributed by atoms with Crippen molar-refractivity contribution >= 4 is 36.3 Å². The van der Waals surface area contributed by atoms with Crippen LogP contribution in [-0.4, -0.2) is 41.4 Å². The molecule has 1 saturated heterocycles. The number of thioether (sulfide) groups is 1. The van der Waals surface area contributed by atoms with Gasteiger partial charge in [0.2, 0.25) is 0 Å². The summed E-state index contributed by atoms with van der Waals surface area (Å²) in [5, 5.41) is 0. The van der Waals surface area contributed by atoms with Gasteiger partial charge in [-0.3, -0.25) is 9.79 Å². The normalized spacial score (nSPS) is 28.4. The van der Waals surface area contributed by atoms with Gasteiger partial charge in [-0.15, -0.1) is 24.2 Å². The number of amides is 1. The largest absolute Gasteiger partial charge is 0.336 e. The molecular formula is C11H18ClN3OS. The Labute approximate surface area is 112 Å². The SMILES string of the molecule is CC1(N)CCCN(C(=O)C2=CN=CCS2)C1.Cl. The number of carbonyl (C=O) groups excluding carboxylic acids is 1. The average molecular weight is 276 g/mol. The second-order valence-electron chi connectivity index (χ2n) is 4.62. The number of halogens is 1. The number of nitrogens with zero attached hydrogens (tertiary/aromatic N) is 2. The Hall–Kier alpha value is -0.520. The van der Waals surface area contributed by atoms with Gasteiger partial charge in [-0.2, -0.15) is 0 Å². The maximum absolute atomic E-state index is 12.1. The van der Waals surface area contributed by atoms with E-state index in [-0.39, 0.29) is 23.9 Å². The van der Waals surface area contributed by atoms with Crippen LogP contribution in [0.25, 0.3) is 0 Å². The van der Waals surface area contributed by atoms with Crippen molar-refractivity contribution in [1.29, 1.82) is 0 Å². The fourth-order valence-electron chi connectivity index (χ4n) is 2.04. The summed E-state index contributed by atoms with van der Waals surface area (Å²) in [7, 11) is 0. The first kappa shape index (κ1) is 14.5. The predicted octanol–water partition coefficient (Wildman–Crippen LogP) is 1.41. The Kier molecular flexibility index (Phi) is 5.04. The fourth-order valence-corrected chi connectivity index (χ4v) is 2.77. The number of nitrogens with two attached hydrogens (primary N) is 1. The Morgan fingerprint density at radius 2 is 2.41 bits per heavy atom. The molecule has 0 spiro atoms. The number of piperidine rings is 1. The number of aliphatic imine (C=N–C) groups is 1. The van der Waals surface area contributed by atoms with E-state index < -0.39 is 0 Å². The van der Waals surface area contributed by atoms with Crippen LogP contribution in [0.3, 0.4) is 0 Å². The topological polar surface area (TPSA) is 58.7 Å². The Morgan fingerprint density at radius 1 is 1.65 bits per heavy atom. The monoisotopic (exact) mass is 275 g/mol. The van der Waals surface area contributed by atoms with E-state index in [1.165, 1.54) is 0 Å². The molecule has 0 aromatic rings. The van der Waals surface area contributed by atoms with Gasteiger partial charge in [-0.1, -0.05) is 0 Å². The molecule has 1 fully saturated rings. The number of hydrogen-bond donors (Lipinski definition) is 1. The molecule has 2 heterocycles. The minimum atomic E-state index is -0.239. The number of rotatable bonds is 1. The van der Waals surface area contributed by atoms with Crippen molar-refractivity contribution in [3.8, 4) is 0 Å². The molecule has 0 aliphatic carbocycles. The third-order valence-corrected chi connectivity index (χ3v) is 3.74. The highest BCUT2D eigenvalue weighted by Gasteiger charge is 2.31. The third kappa shape index (κ3) is 3.72. The van der Waals surface area contributed by atoms with E-state index in [1.54, 1.807) is 18.0 Å². The Morgan fingerprint density at radius 3 is 3.00 bits per heavy atom. The van der Waals surface area contributed by atoms with Crippen molar-refractivity contribution in [2.24, 2.45) is 10.7 Å². The molecule has 2 N–H and O–H groups in total. The van der Waals surface area contributed by atoms with Gasteiger partial charge in [-0.05, 0) is 19.8 Å². The molecule has 6 heteroatoms. The maximum Gasteiger partial charge on any atom is 0.261 e. The molecule has 0 bridgehead atoms. The average Bonchev–Trinajstić information content (AvgIpc) is 2.28. The van der Waals surface area contributed by atoms with Gasteiger partial charge in [0.25, 0.3) is 5.91 Å². The smallest absolute Gasteiger partial charge is 0.261 e. The van der Waals surface area contributed by atoms with E-state index >= 15 is 0 Å². The molecule has 0 radical (unpaired) electrons. The van der Waals surface area contributed by atoms with Crippen LogP contribution in [0.15, 0.2) is 16.1 Å². The van der Waals surface area contributed by atoms with Gasteiger partial charge >= 0.3 is 0 Å². The lowest BCUT2D eigenvalue weighted by Crippen LogP contribution is -2.53. The van der Waals surface area contributed by atoms with Gasteiger partial charge < -0.3 is 10.6 Å². The minimum Gasteiger partial charge on any atom is -0.336 e. The zero-order chi connectivity index (χ0) is 11.6. The zero-order valence-corrected chi connectivity index (χ0v) is 11.5. The van der Waals surface area contributed by atoms with E-state index in [0.29, 0.717) is 6.54 Å². The minimum absolute atomic E-state index is 0. The lowest BCUT2D eigenvalue weighted by molar-refractivity contribution is -0.128. The number of hydrogen-bond acceptors (Lipinski definition) is 4.